The molecule has 6 nitrogen and oxygen atoms in total. The van der Waals surface area contributed by atoms with Crippen molar-refractivity contribution in [1.29, 1.82) is 0 Å². The molecular formula is C12H17N3O3S. The van der Waals surface area contributed by atoms with Crippen LogP contribution in [0.5, 0.6) is 0 Å². The molecule has 104 valence electrons. The number of hydrogen-bond acceptors (Lipinski definition) is 4. The molecule has 1 aromatic carbocycles. The highest BCUT2D eigenvalue weighted by Crippen LogP contribution is 2.19. The molecule has 0 heterocycles. The molecular weight excluding hydrogens is 266 g/mol. The molecule has 1 rings (SSSR count). The molecule has 0 radical (unpaired) electrons. The number of carbonyl (C=O) groups is 2. The van der Waals surface area contributed by atoms with E-state index in [0.717, 1.165) is 5.56 Å². The minimum absolute atomic E-state index is 0.536. The van der Waals surface area contributed by atoms with Crippen LogP contribution >= 0.6 is 0 Å². The van der Waals surface area contributed by atoms with Crippen LogP contribution in [0.25, 0.3) is 0 Å². The van der Waals surface area contributed by atoms with Crippen molar-refractivity contribution in [3.8, 4) is 0 Å². The van der Waals surface area contributed by atoms with Crippen LogP contribution < -0.4 is 16.4 Å². The number of amides is 3. The van der Waals surface area contributed by atoms with Gasteiger partial charge >= 0.3 is 6.03 Å². The predicted molar refractivity (Wildman–Crippen MR) is 74.1 cm³/mol. The fourth-order valence-electron chi connectivity index (χ4n) is 1.46. The van der Waals surface area contributed by atoms with Gasteiger partial charge in [0.05, 0.1) is 10.8 Å². The normalized spacial score (nSPS) is 13.4. The van der Waals surface area contributed by atoms with E-state index in [1.807, 2.05) is 0 Å². The van der Waals surface area contributed by atoms with Crippen LogP contribution in [0, 0.1) is 6.92 Å². The van der Waals surface area contributed by atoms with Gasteiger partial charge < -0.3 is 11.1 Å². The predicted octanol–water partition coefficient (Wildman–Crippen LogP) is 0.529. The summed E-state index contributed by atoms with van der Waals surface area (Å²) >= 11 is 0. The highest BCUT2D eigenvalue weighted by molar-refractivity contribution is 7.86. The highest BCUT2D eigenvalue weighted by atomic mass is 32.2. The van der Waals surface area contributed by atoms with Gasteiger partial charge in [0.15, 0.2) is 0 Å². The van der Waals surface area contributed by atoms with Gasteiger partial charge in [0.2, 0.25) is 5.91 Å². The molecule has 0 aromatic heterocycles. The number of imide groups is 1. The molecule has 0 aliphatic heterocycles. The number of anilines is 1. The average molecular weight is 283 g/mol. The summed E-state index contributed by atoms with van der Waals surface area (Å²) in [6, 6.07) is 4.33. The van der Waals surface area contributed by atoms with Gasteiger partial charge in [-0.3, -0.25) is 14.3 Å². The standard InChI is InChI=1S/C12H17N3O3S/c1-7-6-9(13)4-5-10(7)19(18)8(2)11(16)15-12(17)14-3/h4-6,8H,13H2,1-3H3,(H2,14,15,16,17). The Morgan fingerprint density at radius 3 is 2.53 bits per heavy atom. The summed E-state index contributed by atoms with van der Waals surface area (Å²) in [5, 5.41) is 3.53. The maximum Gasteiger partial charge on any atom is 0.321 e. The Kier molecular flexibility index (Phi) is 5.05. The zero-order chi connectivity index (χ0) is 14.6. The van der Waals surface area contributed by atoms with E-state index in [0.29, 0.717) is 10.6 Å². The van der Waals surface area contributed by atoms with Crippen molar-refractivity contribution in [2.45, 2.75) is 24.0 Å². The Hall–Kier alpha value is -1.89. The Bertz CT molecular complexity index is 531. The lowest BCUT2D eigenvalue weighted by molar-refractivity contribution is -0.119. The minimum Gasteiger partial charge on any atom is -0.399 e. The van der Waals surface area contributed by atoms with E-state index in [1.165, 1.54) is 14.0 Å². The number of urea groups is 1. The second-order valence-corrected chi connectivity index (χ2v) is 5.77. The molecule has 0 saturated carbocycles. The van der Waals surface area contributed by atoms with Gasteiger partial charge in [-0.1, -0.05) is 0 Å². The van der Waals surface area contributed by atoms with Crippen molar-refractivity contribution in [3.63, 3.8) is 0 Å². The summed E-state index contributed by atoms with van der Waals surface area (Å²) in [6.45, 7) is 3.27. The topological polar surface area (TPSA) is 101 Å². The molecule has 19 heavy (non-hydrogen) atoms. The van der Waals surface area contributed by atoms with Gasteiger partial charge in [0.1, 0.15) is 5.25 Å². The smallest absolute Gasteiger partial charge is 0.321 e. The first-order chi connectivity index (χ1) is 8.86. The lowest BCUT2D eigenvalue weighted by Gasteiger charge is -2.13. The van der Waals surface area contributed by atoms with Gasteiger partial charge in [0.25, 0.3) is 0 Å². The van der Waals surface area contributed by atoms with Crippen LogP contribution in [0.2, 0.25) is 0 Å². The van der Waals surface area contributed by atoms with E-state index in [-0.39, 0.29) is 0 Å². The van der Waals surface area contributed by atoms with Crippen LogP contribution in [0.15, 0.2) is 23.1 Å². The van der Waals surface area contributed by atoms with Crippen LogP contribution in [0.4, 0.5) is 10.5 Å². The van der Waals surface area contributed by atoms with Crippen molar-refractivity contribution in [2.24, 2.45) is 0 Å². The lowest BCUT2D eigenvalue weighted by Crippen LogP contribution is -2.43. The summed E-state index contributed by atoms with van der Waals surface area (Å²) < 4.78 is 12.3. The number of rotatable bonds is 3. The van der Waals surface area contributed by atoms with Crippen LogP contribution in [-0.2, 0) is 15.6 Å². The maximum absolute atomic E-state index is 12.3. The van der Waals surface area contributed by atoms with Crippen molar-refractivity contribution in [1.82, 2.24) is 10.6 Å². The third-order valence-electron chi connectivity index (χ3n) is 2.57. The molecule has 4 N–H and O–H groups in total. The van der Waals surface area contributed by atoms with Gasteiger partial charge in [-0.2, -0.15) is 0 Å². The number of nitrogens with one attached hydrogen (secondary N) is 2. The summed E-state index contributed by atoms with van der Waals surface area (Å²) in [5.74, 6) is -0.589. The molecule has 2 atom stereocenters. The first-order valence-electron chi connectivity index (χ1n) is 5.66. The molecule has 0 saturated heterocycles. The Balaban J connectivity index is 2.87. The average Bonchev–Trinajstić information content (AvgIpc) is 2.36. The zero-order valence-electron chi connectivity index (χ0n) is 11.0. The van der Waals surface area contributed by atoms with Gasteiger partial charge in [-0.15, -0.1) is 0 Å². The number of nitrogens with two attached hydrogens (primary N) is 1. The van der Waals surface area contributed by atoms with Crippen molar-refractivity contribution < 1.29 is 13.8 Å². The van der Waals surface area contributed by atoms with E-state index >= 15 is 0 Å². The van der Waals surface area contributed by atoms with E-state index in [9.17, 15) is 13.8 Å². The Morgan fingerprint density at radius 1 is 1.37 bits per heavy atom. The van der Waals surface area contributed by atoms with E-state index in [4.69, 9.17) is 5.73 Å². The molecule has 0 fully saturated rings. The molecule has 1 aromatic rings. The first-order valence-corrected chi connectivity index (χ1v) is 6.87. The Morgan fingerprint density at radius 2 is 2.00 bits per heavy atom. The maximum atomic E-state index is 12.3. The van der Waals surface area contributed by atoms with Gasteiger partial charge in [0, 0.05) is 17.6 Å². The number of aryl methyl sites for hydroxylation is 1. The number of nitrogen functional groups attached to an aromatic ring is 1. The third kappa shape index (κ3) is 3.78. The SMILES string of the molecule is CNC(=O)NC(=O)C(C)S(=O)c1ccc(N)cc1C. The molecule has 0 aliphatic carbocycles. The molecule has 2 unspecified atom stereocenters. The molecule has 3 amide bonds. The molecule has 7 heteroatoms. The number of benzene rings is 1. The lowest BCUT2D eigenvalue weighted by atomic mass is 10.2. The number of hydrogen-bond donors (Lipinski definition) is 3. The second kappa shape index (κ2) is 6.33. The van der Waals surface area contributed by atoms with Crippen molar-refractivity contribution >= 4 is 28.4 Å². The molecule has 0 aliphatic rings. The molecule has 0 spiro atoms. The summed E-state index contributed by atoms with van der Waals surface area (Å²) in [4.78, 5) is 23.3. The van der Waals surface area contributed by atoms with Crippen molar-refractivity contribution in [3.05, 3.63) is 23.8 Å². The largest absolute Gasteiger partial charge is 0.399 e. The van der Waals surface area contributed by atoms with E-state index in [2.05, 4.69) is 10.6 Å². The Labute approximate surface area is 114 Å². The van der Waals surface area contributed by atoms with Crippen LogP contribution in [0.1, 0.15) is 12.5 Å². The van der Waals surface area contributed by atoms with E-state index < -0.39 is 28.0 Å². The minimum atomic E-state index is -1.54. The summed E-state index contributed by atoms with van der Waals surface area (Å²) in [6.07, 6.45) is 0. The van der Waals surface area contributed by atoms with Gasteiger partial charge in [-0.25, -0.2) is 4.79 Å². The molecule has 0 bridgehead atoms. The second-order valence-electron chi connectivity index (χ2n) is 4.03. The quantitative estimate of drug-likeness (QED) is 0.704. The van der Waals surface area contributed by atoms with Crippen LogP contribution in [-0.4, -0.2) is 28.4 Å². The third-order valence-corrected chi connectivity index (χ3v) is 4.32. The fourth-order valence-corrected chi connectivity index (χ4v) is 2.67. The first kappa shape index (κ1) is 15.2. The van der Waals surface area contributed by atoms with Gasteiger partial charge in [-0.05, 0) is 37.6 Å². The summed E-state index contributed by atoms with van der Waals surface area (Å²) in [7, 11) is -0.147. The van der Waals surface area contributed by atoms with E-state index in [1.54, 1.807) is 25.1 Å². The highest BCUT2D eigenvalue weighted by Gasteiger charge is 2.23. The van der Waals surface area contributed by atoms with Crippen molar-refractivity contribution in [2.75, 3.05) is 12.8 Å². The van der Waals surface area contributed by atoms with Crippen LogP contribution in [0.3, 0.4) is 0 Å². The fraction of sp³-hybridized carbons (Fsp3) is 0.333. The summed E-state index contributed by atoms with van der Waals surface area (Å²) in [5.41, 5.74) is 6.93. The number of carbonyl (C=O) groups excluding carboxylic acids is 2. The zero-order valence-corrected chi connectivity index (χ0v) is 11.8. The monoisotopic (exact) mass is 283 g/mol.